The molecule has 0 atom stereocenters. The first-order valence-corrected chi connectivity index (χ1v) is 7.69. The van der Waals surface area contributed by atoms with Crippen molar-refractivity contribution in [2.45, 2.75) is 19.8 Å². The van der Waals surface area contributed by atoms with E-state index in [-0.39, 0.29) is 0 Å². The van der Waals surface area contributed by atoms with Crippen LogP contribution in [0.25, 0.3) is 5.78 Å². The molecule has 0 N–H and O–H groups in total. The van der Waals surface area contributed by atoms with Crippen LogP contribution in [0.4, 0.5) is 5.82 Å². The van der Waals surface area contributed by atoms with Gasteiger partial charge in [-0.3, -0.25) is 0 Å². The molecule has 114 valence electrons. The van der Waals surface area contributed by atoms with Gasteiger partial charge in [0.05, 0.1) is 0 Å². The van der Waals surface area contributed by atoms with Crippen molar-refractivity contribution < 1.29 is 0 Å². The summed E-state index contributed by atoms with van der Waals surface area (Å²) in [6, 6.07) is 0. The van der Waals surface area contributed by atoms with Gasteiger partial charge in [-0.1, -0.05) is 11.6 Å². The number of rotatable bonds is 3. The van der Waals surface area contributed by atoms with E-state index in [0.717, 1.165) is 36.9 Å². The highest BCUT2D eigenvalue weighted by atomic mass is 35.5. The second kappa shape index (κ2) is 5.77. The quantitative estimate of drug-likeness (QED) is 0.810. The van der Waals surface area contributed by atoms with Crippen molar-refractivity contribution in [1.82, 2.24) is 24.5 Å². The summed E-state index contributed by atoms with van der Waals surface area (Å²) < 4.78 is 1.80. The van der Waals surface area contributed by atoms with Crippen LogP contribution in [0, 0.1) is 12.8 Å². The van der Waals surface area contributed by atoms with Crippen LogP contribution in [0.1, 0.15) is 18.4 Å². The Labute approximate surface area is 129 Å². The first kappa shape index (κ1) is 14.5. The molecule has 3 rings (SSSR count). The first-order chi connectivity index (χ1) is 10.1. The molecule has 1 fully saturated rings. The van der Waals surface area contributed by atoms with E-state index in [9.17, 15) is 0 Å². The predicted octanol–water partition coefficient (Wildman–Crippen LogP) is 1.86. The Kier molecular flexibility index (Phi) is 3.99. The van der Waals surface area contributed by atoms with Crippen molar-refractivity contribution in [2.24, 2.45) is 5.92 Å². The zero-order chi connectivity index (χ0) is 15.0. The summed E-state index contributed by atoms with van der Waals surface area (Å²) in [4.78, 5) is 13.0. The van der Waals surface area contributed by atoms with Crippen molar-refractivity contribution >= 4 is 23.2 Å². The molecule has 0 unspecified atom stereocenters. The zero-order valence-corrected chi connectivity index (χ0v) is 13.5. The third-order valence-corrected chi connectivity index (χ3v) is 4.48. The summed E-state index contributed by atoms with van der Waals surface area (Å²) >= 11 is 6.24. The SMILES string of the molecule is Cc1c(Cl)nc2ncnn2c1N1CCC(CN(C)C)CC1. The fraction of sp³-hybridized carbons (Fsp3) is 0.643. The minimum absolute atomic E-state index is 0.515. The van der Waals surface area contributed by atoms with Crippen LogP contribution >= 0.6 is 11.6 Å². The number of fused-ring (bicyclic) bond motifs is 1. The molecular weight excluding hydrogens is 288 g/mol. The van der Waals surface area contributed by atoms with E-state index in [1.54, 1.807) is 4.52 Å². The average molecular weight is 309 g/mol. The Morgan fingerprint density at radius 2 is 2.05 bits per heavy atom. The number of anilines is 1. The maximum atomic E-state index is 6.24. The smallest absolute Gasteiger partial charge is 0.255 e. The molecule has 2 aromatic rings. The Morgan fingerprint density at radius 3 is 2.71 bits per heavy atom. The number of aromatic nitrogens is 4. The standard InChI is InChI=1S/C14H21ClN6/c1-10-12(15)18-14-16-9-17-21(14)13(10)20-6-4-11(5-7-20)8-19(2)3/h9,11H,4-8H2,1-3H3. The topological polar surface area (TPSA) is 49.6 Å². The molecule has 0 radical (unpaired) electrons. The largest absolute Gasteiger partial charge is 0.356 e. The number of piperidine rings is 1. The molecule has 0 aromatic carbocycles. The van der Waals surface area contributed by atoms with Gasteiger partial charge in [0.15, 0.2) is 0 Å². The number of halogens is 1. The fourth-order valence-corrected chi connectivity index (χ4v) is 3.26. The van der Waals surface area contributed by atoms with Crippen LogP contribution in [0.3, 0.4) is 0 Å². The predicted molar refractivity (Wildman–Crippen MR) is 84.0 cm³/mol. The highest BCUT2D eigenvalue weighted by Gasteiger charge is 2.24. The third kappa shape index (κ3) is 2.82. The van der Waals surface area contributed by atoms with Crippen LogP contribution in [0.15, 0.2) is 6.33 Å². The molecule has 21 heavy (non-hydrogen) atoms. The molecule has 7 heteroatoms. The van der Waals surface area contributed by atoms with E-state index >= 15 is 0 Å². The van der Waals surface area contributed by atoms with Crippen LogP contribution in [0.2, 0.25) is 5.15 Å². The zero-order valence-electron chi connectivity index (χ0n) is 12.8. The van der Waals surface area contributed by atoms with Crippen LogP contribution < -0.4 is 4.90 Å². The van der Waals surface area contributed by atoms with E-state index in [2.05, 4.69) is 39.0 Å². The second-order valence-corrected chi connectivity index (χ2v) is 6.37. The van der Waals surface area contributed by atoms with Crippen LogP contribution in [0.5, 0.6) is 0 Å². The Morgan fingerprint density at radius 1 is 1.33 bits per heavy atom. The van der Waals surface area contributed by atoms with Crippen molar-refractivity contribution in [3.8, 4) is 0 Å². The number of hydrogen-bond acceptors (Lipinski definition) is 5. The molecule has 1 aliphatic rings. The van der Waals surface area contributed by atoms with E-state index in [1.807, 2.05) is 6.92 Å². The number of hydrogen-bond donors (Lipinski definition) is 0. The summed E-state index contributed by atoms with van der Waals surface area (Å²) in [6.45, 7) is 5.20. The molecule has 0 bridgehead atoms. The minimum Gasteiger partial charge on any atom is -0.356 e. The lowest BCUT2D eigenvalue weighted by Gasteiger charge is -2.35. The Balaban J connectivity index is 1.85. The summed E-state index contributed by atoms with van der Waals surface area (Å²) in [5, 5.41) is 4.81. The Bertz CT molecular complexity index is 630. The van der Waals surface area contributed by atoms with Gasteiger partial charge in [-0.25, -0.2) is 0 Å². The van der Waals surface area contributed by atoms with Gasteiger partial charge in [0, 0.05) is 25.2 Å². The van der Waals surface area contributed by atoms with Gasteiger partial charge in [-0.05, 0) is 39.8 Å². The summed E-state index contributed by atoms with van der Waals surface area (Å²) in [7, 11) is 4.27. The summed E-state index contributed by atoms with van der Waals surface area (Å²) in [5.41, 5.74) is 0.973. The van der Waals surface area contributed by atoms with E-state index in [4.69, 9.17) is 11.6 Å². The molecule has 2 aromatic heterocycles. The van der Waals surface area contributed by atoms with Crippen molar-refractivity contribution in [1.29, 1.82) is 0 Å². The lowest BCUT2D eigenvalue weighted by molar-refractivity contribution is 0.284. The van der Waals surface area contributed by atoms with E-state index in [0.29, 0.717) is 10.9 Å². The van der Waals surface area contributed by atoms with Gasteiger partial charge in [-0.15, -0.1) is 0 Å². The van der Waals surface area contributed by atoms with Crippen LogP contribution in [-0.4, -0.2) is 58.2 Å². The molecule has 1 aliphatic heterocycles. The van der Waals surface area contributed by atoms with Gasteiger partial charge in [-0.2, -0.15) is 19.6 Å². The van der Waals surface area contributed by atoms with Gasteiger partial charge in [0.2, 0.25) is 0 Å². The van der Waals surface area contributed by atoms with Gasteiger partial charge < -0.3 is 9.80 Å². The van der Waals surface area contributed by atoms with Crippen molar-refractivity contribution in [3.63, 3.8) is 0 Å². The normalized spacial score (nSPS) is 17.1. The third-order valence-electron chi connectivity index (χ3n) is 4.11. The van der Waals surface area contributed by atoms with Gasteiger partial charge in [0.1, 0.15) is 17.3 Å². The summed E-state index contributed by atoms with van der Waals surface area (Å²) in [6.07, 6.45) is 3.90. The van der Waals surface area contributed by atoms with E-state index in [1.165, 1.54) is 19.2 Å². The van der Waals surface area contributed by atoms with Crippen molar-refractivity contribution in [3.05, 3.63) is 17.0 Å². The Hall–Kier alpha value is -1.40. The van der Waals surface area contributed by atoms with Gasteiger partial charge in [0.25, 0.3) is 5.78 Å². The highest BCUT2D eigenvalue weighted by Crippen LogP contribution is 2.29. The lowest BCUT2D eigenvalue weighted by Crippen LogP contribution is -2.38. The maximum absolute atomic E-state index is 6.24. The van der Waals surface area contributed by atoms with Gasteiger partial charge >= 0.3 is 0 Å². The minimum atomic E-state index is 0.515. The maximum Gasteiger partial charge on any atom is 0.255 e. The molecule has 1 saturated heterocycles. The molecule has 0 spiro atoms. The molecule has 0 saturated carbocycles. The molecule has 0 aliphatic carbocycles. The first-order valence-electron chi connectivity index (χ1n) is 7.31. The van der Waals surface area contributed by atoms with E-state index < -0.39 is 0 Å². The highest BCUT2D eigenvalue weighted by molar-refractivity contribution is 6.30. The molecule has 3 heterocycles. The second-order valence-electron chi connectivity index (χ2n) is 6.02. The molecular formula is C14H21ClN6. The van der Waals surface area contributed by atoms with Crippen molar-refractivity contribution in [2.75, 3.05) is 38.6 Å². The molecule has 0 amide bonds. The van der Waals surface area contributed by atoms with Crippen LogP contribution in [-0.2, 0) is 0 Å². The molecule has 6 nitrogen and oxygen atoms in total. The fourth-order valence-electron chi connectivity index (χ4n) is 3.10. The lowest BCUT2D eigenvalue weighted by atomic mass is 9.96. The summed E-state index contributed by atoms with van der Waals surface area (Å²) in [5.74, 6) is 2.36. The average Bonchev–Trinajstić information content (AvgIpc) is 2.88. The number of nitrogens with zero attached hydrogens (tertiary/aromatic N) is 6. The monoisotopic (exact) mass is 308 g/mol.